The molecule has 0 fully saturated rings. The molecule has 0 nitrogen and oxygen atoms in total. The molecule has 0 spiro atoms. The van der Waals surface area contributed by atoms with Crippen LogP contribution in [0, 0.1) is 0 Å². The molecule has 0 N–H and O–H groups in total. The lowest BCUT2D eigenvalue weighted by molar-refractivity contribution is 0.0393. The standard InChI is InChI=1S/C2HCl4F3Si/c3-1(7)2(8,9)10(4,5)6/h1H. The maximum Gasteiger partial charge on any atom is 0.421 e. The van der Waals surface area contributed by atoms with Gasteiger partial charge in [-0.1, -0.05) is 11.6 Å². The summed E-state index contributed by atoms with van der Waals surface area (Å²) in [7, 11) is 0. The minimum absolute atomic E-state index is 2.94. The van der Waals surface area contributed by atoms with E-state index in [9.17, 15) is 13.2 Å². The molecule has 0 aliphatic carbocycles. The van der Waals surface area contributed by atoms with Gasteiger partial charge < -0.3 is 0 Å². The van der Waals surface area contributed by atoms with Crippen LogP contribution in [0.1, 0.15) is 0 Å². The summed E-state index contributed by atoms with van der Waals surface area (Å²) in [6.45, 7) is 0. The molecule has 0 aliphatic heterocycles. The van der Waals surface area contributed by atoms with Gasteiger partial charge in [-0.25, -0.2) is 13.2 Å². The molecular formula is C2HCl4F3Si. The van der Waals surface area contributed by atoms with Crippen molar-refractivity contribution in [2.24, 2.45) is 0 Å². The molecule has 1 atom stereocenters. The maximum atomic E-state index is 12.2. The summed E-state index contributed by atoms with van der Waals surface area (Å²) in [6.07, 6.45) is 0. The lowest BCUT2D eigenvalue weighted by Gasteiger charge is -2.20. The van der Waals surface area contributed by atoms with Crippen molar-refractivity contribution in [3.05, 3.63) is 0 Å². The molecule has 0 saturated carbocycles. The van der Waals surface area contributed by atoms with Crippen molar-refractivity contribution in [2.75, 3.05) is 0 Å². The number of rotatable bonds is 2. The Balaban J connectivity index is 4.40. The van der Waals surface area contributed by atoms with Gasteiger partial charge in [-0.15, -0.1) is 33.2 Å². The second kappa shape index (κ2) is 3.27. The van der Waals surface area contributed by atoms with E-state index in [0.717, 1.165) is 0 Å². The Hall–Kier alpha value is 1.17. The Bertz CT molecular complexity index is 120. The number of halogens is 7. The Morgan fingerprint density at radius 1 is 1.20 bits per heavy atom. The van der Waals surface area contributed by atoms with Gasteiger partial charge in [-0.3, -0.25) is 0 Å². The normalized spacial score (nSPS) is 17.1. The van der Waals surface area contributed by atoms with Gasteiger partial charge in [0.15, 0.2) is 0 Å². The molecule has 0 aromatic carbocycles. The van der Waals surface area contributed by atoms with E-state index in [2.05, 4.69) is 11.6 Å². The van der Waals surface area contributed by atoms with Gasteiger partial charge in [-0.2, -0.15) is 0 Å². The predicted octanol–water partition coefficient (Wildman–Crippen LogP) is 3.35. The monoisotopic (exact) mass is 250 g/mol. The highest BCUT2D eigenvalue weighted by molar-refractivity contribution is 7.65. The largest absolute Gasteiger partial charge is 0.421 e. The summed E-state index contributed by atoms with van der Waals surface area (Å²) < 4.78 is 36.2. The lowest BCUT2D eigenvalue weighted by atomic mass is 10.8. The Morgan fingerprint density at radius 2 is 1.50 bits per heavy atom. The highest BCUT2D eigenvalue weighted by Crippen LogP contribution is 2.42. The molecule has 0 aromatic rings. The van der Waals surface area contributed by atoms with E-state index in [4.69, 9.17) is 33.2 Å². The van der Waals surface area contributed by atoms with Crippen molar-refractivity contribution < 1.29 is 13.2 Å². The number of hydrogen-bond acceptors (Lipinski definition) is 0. The first kappa shape index (κ1) is 11.2. The van der Waals surface area contributed by atoms with Crippen LogP contribution < -0.4 is 0 Å². The summed E-state index contributed by atoms with van der Waals surface area (Å²) >= 11 is 18.9. The van der Waals surface area contributed by atoms with Gasteiger partial charge in [0.25, 0.3) is 0 Å². The second-order valence-corrected chi connectivity index (χ2v) is 10.3. The van der Waals surface area contributed by atoms with Crippen LogP contribution in [-0.2, 0) is 0 Å². The van der Waals surface area contributed by atoms with Crippen molar-refractivity contribution in [1.82, 2.24) is 0 Å². The lowest BCUT2D eigenvalue weighted by Crippen LogP contribution is -2.44. The third kappa shape index (κ3) is 2.34. The van der Waals surface area contributed by atoms with Gasteiger partial charge in [-0.05, 0) is 0 Å². The van der Waals surface area contributed by atoms with Crippen LogP contribution in [0.3, 0.4) is 0 Å². The summed E-state index contributed by atoms with van der Waals surface area (Å²) in [5.41, 5.74) is -6.97. The molecule has 0 aliphatic rings. The molecule has 0 amide bonds. The molecule has 0 rings (SSSR count). The van der Waals surface area contributed by atoms with E-state index in [1.54, 1.807) is 0 Å². The van der Waals surface area contributed by atoms with Crippen LogP contribution in [0.2, 0.25) is 0 Å². The number of hydrogen-bond donors (Lipinski definition) is 0. The summed E-state index contributed by atoms with van der Waals surface area (Å²) in [5, 5.41) is 0. The average molecular weight is 252 g/mol. The number of alkyl halides is 4. The van der Waals surface area contributed by atoms with E-state index < -0.39 is 17.2 Å². The quantitative estimate of drug-likeness (QED) is 0.401. The zero-order chi connectivity index (χ0) is 8.58. The average Bonchev–Trinajstić information content (AvgIpc) is 1.62. The molecule has 0 bridgehead atoms. The molecule has 1 unspecified atom stereocenters. The predicted molar refractivity (Wildman–Crippen MR) is 39.0 cm³/mol. The van der Waals surface area contributed by atoms with Crippen LogP contribution >= 0.6 is 44.8 Å². The first-order chi connectivity index (χ1) is 4.19. The van der Waals surface area contributed by atoms with Crippen LogP contribution in [0.4, 0.5) is 13.2 Å². The summed E-state index contributed by atoms with van der Waals surface area (Å²) in [6, 6.07) is -4.37. The van der Waals surface area contributed by atoms with Crippen LogP contribution in [0.15, 0.2) is 0 Å². The zero-order valence-corrected chi connectivity index (χ0v) is 8.25. The SMILES string of the molecule is FC(Cl)C(F)(F)[Si](Cl)(Cl)Cl. The fraction of sp³-hybridized carbons (Fsp3) is 1.00. The maximum absolute atomic E-state index is 12.2. The first-order valence-electron chi connectivity index (χ1n) is 1.92. The van der Waals surface area contributed by atoms with E-state index >= 15 is 0 Å². The van der Waals surface area contributed by atoms with Crippen LogP contribution in [0.25, 0.3) is 0 Å². The van der Waals surface area contributed by atoms with Crippen LogP contribution in [-0.4, -0.2) is 17.2 Å². The van der Waals surface area contributed by atoms with Gasteiger partial charge in [0, 0.05) is 0 Å². The van der Waals surface area contributed by atoms with E-state index in [0.29, 0.717) is 0 Å². The molecule has 0 saturated heterocycles. The van der Waals surface area contributed by atoms with Gasteiger partial charge in [0.2, 0.25) is 5.63 Å². The third-order valence-electron chi connectivity index (χ3n) is 0.652. The first-order valence-corrected chi connectivity index (χ1v) is 7.39. The third-order valence-corrected chi connectivity index (χ3v) is 4.39. The molecule has 0 aromatic heterocycles. The molecule has 10 heavy (non-hydrogen) atoms. The molecule has 8 heteroatoms. The van der Waals surface area contributed by atoms with E-state index in [-0.39, 0.29) is 0 Å². The summed E-state index contributed by atoms with van der Waals surface area (Å²) in [5.74, 6) is 0. The minimum atomic E-state index is -4.37. The Morgan fingerprint density at radius 3 is 1.50 bits per heavy atom. The smallest absolute Gasteiger partial charge is 0.223 e. The highest BCUT2D eigenvalue weighted by atomic mass is 35.8. The highest BCUT2D eigenvalue weighted by Gasteiger charge is 2.60. The Labute approximate surface area is 75.3 Å². The van der Waals surface area contributed by atoms with Gasteiger partial charge in [0.05, 0.1) is 0 Å². The van der Waals surface area contributed by atoms with E-state index in [1.165, 1.54) is 0 Å². The van der Waals surface area contributed by atoms with Crippen molar-refractivity contribution in [3.8, 4) is 0 Å². The topological polar surface area (TPSA) is 0 Å². The fourth-order valence-electron chi connectivity index (χ4n) is 0.124. The van der Waals surface area contributed by atoms with Crippen molar-refractivity contribution in [3.63, 3.8) is 0 Å². The zero-order valence-electron chi connectivity index (χ0n) is 4.22. The fourth-order valence-corrected chi connectivity index (χ4v) is 2.23. The van der Waals surface area contributed by atoms with Crippen molar-refractivity contribution >= 4 is 50.8 Å². The second-order valence-electron chi connectivity index (χ2n) is 1.42. The van der Waals surface area contributed by atoms with Crippen LogP contribution in [0.5, 0.6) is 0 Å². The summed E-state index contributed by atoms with van der Waals surface area (Å²) in [4.78, 5) is 0. The van der Waals surface area contributed by atoms with Crippen molar-refractivity contribution in [2.45, 2.75) is 11.2 Å². The van der Waals surface area contributed by atoms with Gasteiger partial charge >= 0.3 is 11.5 Å². The molecule has 0 radical (unpaired) electrons. The molecule has 62 valence electrons. The van der Waals surface area contributed by atoms with E-state index in [1.807, 2.05) is 0 Å². The van der Waals surface area contributed by atoms with Gasteiger partial charge in [0.1, 0.15) is 0 Å². The Kier molecular flexibility index (Phi) is 3.65. The minimum Gasteiger partial charge on any atom is -0.223 e. The molecular weight excluding hydrogens is 251 g/mol. The van der Waals surface area contributed by atoms with Crippen molar-refractivity contribution in [1.29, 1.82) is 0 Å². The molecule has 0 heterocycles.